The van der Waals surface area contributed by atoms with Gasteiger partial charge in [-0.15, -0.1) is 0 Å². The number of hydrogen-bond acceptors (Lipinski definition) is 8. The minimum absolute atomic E-state index is 0.0270. The van der Waals surface area contributed by atoms with Crippen LogP contribution in [-0.4, -0.2) is 69.1 Å². The molecule has 12 heteroatoms. The van der Waals surface area contributed by atoms with Crippen molar-refractivity contribution in [1.29, 1.82) is 0 Å². The van der Waals surface area contributed by atoms with Crippen molar-refractivity contribution in [1.82, 2.24) is 15.3 Å². The van der Waals surface area contributed by atoms with Crippen molar-refractivity contribution in [3.8, 4) is 17.0 Å². The monoisotopic (exact) mass is 614 g/mol. The van der Waals surface area contributed by atoms with E-state index >= 15 is 0 Å². The fourth-order valence-electron chi connectivity index (χ4n) is 4.21. The molecule has 0 aliphatic heterocycles. The molecule has 0 fully saturated rings. The molecule has 0 radical (unpaired) electrons. The van der Waals surface area contributed by atoms with E-state index in [1.165, 1.54) is 26.2 Å². The molecular weight excluding hydrogens is 575 g/mol. The van der Waals surface area contributed by atoms with Crippen LogP contribution >= 0.6 is 0 Å². The third-order valence-electron chi connectivity index (χ3n) is 6.73. The number of halogens is 1. The Hall–Kier alpha value is -3.87. The molecule has 3 aromatic rings. The zero-order valence-corrected chi connectivity index (χ0v) is 26.1. The first-order chi connectivity index (χ1) is 20.3. The number of ether oxygens (including phenoxy) is 2. The number of methoxy groups -OCH3 is 1. The van der Waals surface area contributed by atoms with E-state index in [-0.39, 0.29) is 37.2 Å². The second kappa shape index (κ2) is 15.0. The number of aromatic nitrogens is 2. The SMILES string of the molecule is CNC(=O)C[C@@H](C[C@H](O)/C=C/c1c(-c2ccc(F)cc2)nc(N(C)S(C)(=O)=O)nc1C(C)C)OCc1ccc(OC)cc1. The van der Waals surface area contributed by atoms with Crippen molar-refractivity contribution < 1.29 is 32.2 Å². The Kier molecular flexibility index (Phi) is 11.8. The highest BCUT2D eigenvalue weighted by atomic mass is 32.2. The van der Waals surface area contributed by atoms with E-state index in [2.05, 4.69) is 15.3 Å². The molecule has 1 aromatic heterocycles. The van der Waals surface area contributed by atoms with Crippen molar-refractivity contribution in [3.05, 3.63) is 77.2 Å². The van der Waals surface area contributed by atoms with E-state index in [4.69, 9.17) is 9.47 Å². The van der Waals surface area contributed by atoms with Gasteiger partial charge in [0.1, 0.15) is 11.6 Å². The predicted molar refractivity (Wildman–Crippen MR) is 165 cm³/mol. The fourth-order valence-corrected chi connectivity index (χ4v) is 4.58. The van der Waals surface area contributed by atoms with Gasteiger partial charge in [-0.3, -0.25) is 4.79 Å². The lowest BCUT2D eigenvalue weighted by Crippen LogP contribution is -2.28. The van der Waals surface area contributed by atoms with E-state index in [9.17, 15) is 22.7 Å². The standard InChI is InChI=1S/C31H39FN4O6S/c1-20(2)29-27(30(22-9-11-23(32)12-10-22)35-31(34-29)36(4)43(6,39)40)16-13-24(37)17-26(18-28(38)33-3)42-19-21-7-14-25(41-5)15-8-21/h7-16,20,24,26,37H,17-19H2,1-6H3,(H,33,38)/b16-13+/t24-,26-/m1/s1. The number of anilines is 1. The van der Waals surface area contributed by atoms with Gasteiger partial charge in [0, 0.05) is 31.6 Å². The third kappa shape index (κ3) is 9.57. The molecule has 0 aliphatic carbocycles. The van der Waals surface area contributed by atoms with Gasteiger partial charge in [0.25, 0.3) is 0 Å². The Morgan fingerprint density at radius 3 is 2.33 bits per heavy atom. The minimum atomic E-state index is -3.66. The van der Waals surface area contributed by atoms with Gasteiger partial charge in [-0.2, -0.15) is 0 Å². The molecule has 10 nitrogen and oxygen atoms in total. The lowest BCUT2D eigenvalue weighted by molar-refractivity contribution is -0.124. The van der Waals surface area contributed by atoms with E-state index in [1.54, 1.807) is 31.4 Å². The summed E-state index contributed by atoms with van der Waals surface area (Å²) in [6.07, 6.45) is 2.85. The van der Waals surface area contributed by atoms with Gasteiger partial charge < -0.3 is 19.9 Å². The molecule has 2 N–H and O–H groups in total. The first kappa shape index (κ1) is 33.6. The average molecular weight is 615 g/mol. The minimum Gasteiger partial charge on any atom is -0.497 e. The Labute approximate surface area is 252 Å². The highest BCUT2D eigenvalue weighted by Gasteiger charge is 2.23. The number of benzene rings is 2. The van der Waals surface area contributed by atoms with Crippen LogP contribution in [0.5, 0.6) is 5.75 Å². The van der Waals surface area contributed by atoms with Crippen LogP contribution < -0.4 is 14.4 Å². The normalized spacial score (nSPS) is 13.2. The summed E-state index contributed by atoms with van der Waals surface area (Å²) in [6.45, 7) is 4.04. The summed E-state index contributed by atoms with van der Waals surface area (Å²) in [4.78, 5) is 21.3. The molecule has 0 unspecified atom stereocenters. The van der Waals surface area contributed by atoms with Gasteiger partial charge in [0.05, 0.1) is 50.0 Å². The summed E-state index contributed by atoms with van der Waals surface area (Å²) < 4.78 is 50.5. The molecule has 0 aliphatic rings. The van der Waals surface area contributed by atoms with Crippen LogP contribution in [0, 0.1) is 5.82 Å². The summed E-state index contributed by atoms with van der Waals surface area (Å²) in [7, 11) is 0.823. The van der Waals surface area contributed by atoms with Crippen LogP contribution in [0.25, 0.3) is 17.3 Å². The van der Waals surface area contributed by atoms with Gasteiger partial charge in [0.2, 0.25) is 21.9 Å². The number of rotatable bonds is 14. The molecule has 0 saturated carbocycles. The predicted octanol–water partition coefficient (Wildman–Crippen LogP) is 4.30. The zero-order valence-electron chi connectivity index (χ0n) is 25.2. The van der Waals surface area contributed by atoms with E-state index in [1.807, 2.05) is 38.1 Å². The molecule has 0 saturated heterocycles. The highest BCUT2D eigenvalue weighted by Crippen LogP contribution is 2.32. The van der Waals surface area contributed by atoms with Gasteiger partial charge >= 0.3 is 0 Å². The first-order valence-electron chi connectivity index (χ1n) is 13.8. The number of aliphatic hydroxyl groups excluding tert-OH is 1. The number of carbonyl (C=O) groups is 1. The largest absolute Gasteiger partial charge is 0.497 e. The molecule has 1 heterocycles. The number of aliphatic hydroxyl groups is 1. The molecule has 43 heavy (non-hydrogen) atoms. The van der Waals surface area contributed by atoms with E-state index in [0.29, 0.717) is 28.3 Å². The van der Waals surface area contributed by atoms with E-state index < -0.39 is 28.0 Å². The molecule has 232 valence electrons. The quantitative estimate of drug-likeness (QED) is 0.275. The van der Waals surface area contributed by atoms with Gasteiger partial charge in [-0.25, -0.2) is 27.1 Å². The number of carbonyl (C=O) groups excluding carboxylic acids is 1. The maximum Gasteiger partial charge on any atom is 0.239 e. The average Bonchev–Trinajstić information content (AvgIpc) is 2.98. The van der Waals surface area contributed by atoms with Crippen molar-refractivity contribution >= 4 is 28.0 Å². The van der Waals surface area contributed by atoms with Crippen LogP contribution in [-0.2, 0) is 26.2 Å². The molecule has 0 spiro atoms. The number of nitrogens with zero attached hydrogens (tertiary/aromatic N) is 3. The van der Waals surface area contributed by atoms with Crippen LogP contribution in [0.15, 0.2) is 54.6 Å². The Morgan fingerprint density at radius 1 is 1.12 bits per heavy atom. The third-order valence-corrected chi connectivity index (χ3v) is 7.89. The van der Waals surface area contributed by atoms with Crippen LogP contribution in [0.1, 0.15) is 49.4 Å². The number of hydrogen-bond donors (Lipinski definition) is 2. The molecule has 2 atom stereocenters. The van der Waals surface area contributed by atoms with Crippen LogP contribution in [0.4, 0.5) is 10.3 Å². The molecule has 1 amide bonds. The van der Waals surface area contributed by atoms with Crippen LogP contribution in [0.3, 0.4) is 0 Å². The van der Waals surface area contributed by atoms with Crippen LogP contribution in [0.2, 0.25) is 0 Å². The summed E-state index contributed by atoms with van der Waals surface area (Å²) in [6, 6.07) is 13.0. The van der Waals surface area contributed by atoms with Crippen molar-refractivity contribution in [2.45, 2.75) is 51.4 Å². The summed E-state index contributed by atoms with van der Waals surface area (Å²) in [5, 5.41) is 13.6. The Bertz CT molecular complexity index is 1510. The number of nitrogens with one attached hydrogen (secondary N) is 1. The maximum atomic E-state index is 13.8. The smallest absolute Gasteiger partial charge is 0.239 e. The van der Waals surface area contributed by atoms with Crippen molar-refractivity contribution in [3.63, 3.8) is 0 Å². The summed E-state index contributed by atoms with van der Waals surface area (Å²) in [5.41, 5.74) is 2.90. The lowest BCUT2D eigenvalue weighted by atomic mass is 9.97. The Balaban J connectivity index is 1.94. The van der Waals surface area contributed by atoms with Crippen molar-refractivity contribution in [2.24, 2.45) is 0 Å². The fraction of sp³-hybridized carbons (Fsp3) is 0.387. The second-order valence-electron chi connectivity index (χ2n) is 10.4. The molecular formula is C31H39FN4O6S. The van der Waals surface area contributed by atoms with Gasteiger partial charge in [-0.1, -0.05) is 38.1 Å². The zero-order chi connectivity index (χ0) is 31.7. The molecule has 0 bridgehead atoms. The lowest BCUT2D eigenvalue weighted by Gasteiger charge is -2.21. The van der Waals surface area contributed by atoms with Gasteiger partial charge in [-0.05, 0) is 47.9 Å². The first-order valence-corrected chi connectivity index (χ1v) is 15.6. The summed E-state index contributed by atoms with van der Waals surface area (Å²) >= 11 is 0. The molecule has 2 aromatic carbocycles. The highest BCUT2D eigenvalue weighted by molar-refractivity contribution is 7.92. The maximum absolute atomic E-state index is 13.8. The summed E-state index contributed by atoms with van der Waals surface area (Å²) in [5.74, 6) is -0.123. The van der Waals surface area contributed by atoms with Gasteiger partial charge in [0.15, 0.2) is 0 Å². The number of amides is 1. The number of sulfonamides is 1. The van der Waals surface area contributed by atoms with E-state index in [0.717, 1.165) is 16.1 Å². The second-order valence-corrected chi connectivity index (χ2v) is 12.4. The van der Waals surface area contributed by atoms with Crippen molar-refractivity contribution in [2.75, 3.05) is 31.8 Å². The molecule has 3 rings (SSSR count). The Morgan fingerprint density at radius 2 is 1.77 bits per heavy atom. The topological polar surface area (TPSA) is 131 Å².